The van der Waals surface area contributed by atoms with Crippen molar-refractivity contribution >= 4 is 44.9 Å². The standard InChI is InChI=1S/C13H11BrClN3O/c1-7-4-12(17-6-11(7)16)18-13(19)9-5-8(14)2-3-10(9)15/h2-6H,16H2,1H3,(H,17,18,19). The van der Waals surface area contributed by atoms with Gasteiger partial charge in [-0.3, -0.25) is 4.79 Å². The molecule has 19 heavy (non-hydrogen) atoms. The first-order valence-corrected chi connectivity index (χ1v) is 6.63. The number of hydrogen-bond acceptors (Lipinski definition) is 3. The number of hydrogen-bond donors (Lipinski definition) is 2. The van der Waals surface area contributed by atoms with Gasteiger partial charge < -0.3 is 11.1 Å². The van der Waals surface area contributed by atoms with Crippen LogP contribution in [-0.2, 0) is 0 Å². The third-order valence-electron chi connectivity index (χ3n) is 2.57. The Balaban J connectivity index is 2.25. The van der Waals surface area contributed by atoms with Gasteiger partial charge >= 0.3 is 0 Å². The number of rotatable bonds is 2. The Hall–Kier alpha value is -1.59. The quantitative estimate of drug-likeness (QED) is 0.877. The van der Waals surface area contributed by atoms with E-state index in [2.05, 4.69) is 26.2 Å². The van der Waals surface area contributed by atoms with E-state index in [0.717, 1.165) is 10.0 Å². The van der Waals surface area contributed by atoms with E-state index in [-0.39, 0.29) is 5.91 Å². The molecule has 0 radical (unpaired) electrons. The Bertz CT molecular complexity index is 646. The monoisotopic (exact) mass is 339 g/mol. The van der Waals surface area contributed by atoms with Gasteiger partial charge in [-0.25, -0.2) is 4.98 Å². The lowest BCUT2D eigenvalue weighted by molar-refractivity contribution is 0.102. The van der Waals surface area contributed by atoms with Crippen molar-refractivity contribution in [2.75, 3.05) is 11.1 Å². The molecule has 0 spiro atoms. The van der Waals surface area contributed by atoms with Gasteiger partial charge in [0.15, 0.2) is 0 Å². The number of benzene rings is 1. The molecule has 0 atom stereocenters. The molecule has 4 nitrogen and oxygen atoms in total. The molecule has 0 fully saturated rings. The van der Waals surface area contributed by atoms with Gasteiger partial charge in [-0.2, -0.15) is 0 Å². The SMILES string of the molecule is Cc1cc(NC(=O)c2cc(Br)ccc2Cl)ncc1N. The molecule has 0 aliphatic heterocycles. The number of anilines is 2. The minimum absolute atomic E-state index is 0.317. The van der Waals surface area contributed by atoms with Crippen LogP contribution in [0.15, 0.2) is 34.9 Å². The molecule has 0 saturated heterocycles. The Kier molecular flexibility index (Phi) is 4.07. The maximum atomic E-state index is 12.1. The zero-order valence-electron chi connectivity index (χ0n) is 10.1. The molecule has 0 aliphatic carbocycles. The molecule has 6 heteroatoms. The number of aromatic nitrogens is 1. The van der Waals surface area contributed by atoms with E-state index in [1.807, 2.05) is 6.92 Å². The summed E-state index contributed by atoms with van der Waals surface area (Å²) in [5, 5.41) is 3.07. The van der Waals surface area contributed by atoms with E-state index in [0.29, 0.717) is 22.1 Å². The van der Waals surface area contributed by atoms with Crippen LogP contribution < -0.4 is 11.1 Å². The summed E-state index contributed by atoms with van der Waals surface area (Å²) in [6.45, 7) is 1.85. The Morgan fingerprint density at radius 2 is 2.16 bits per heavy atom. The summed E-state index contributed by atoms with van der Waals surface area (Å²) >= 11 is 9.29. The largest absolute Gasteiger partial charge is 0.397 e. The molecule has 0 unspecified atom stereocenters. The van der Waals surface area contributed by atoms with Crippen LogP contribution in [0.25, 0.3) is 0 Å². The Morgan fingerprint density at radius 3 is 2.84 bits per heavy atom. The predicted octanol–water partition coefficient (Wildman–Crippen LogP) is 3.64. The normalized spacial score (nSPS) is 10.3. The number of carbonyl (C=O) groups excluding carboxylic acids is 1. The molecular formula is C13H11BrClN3O. The first-order chi connectivity index (χ1) is 8.97. The van der Waals surface area contributed by atoms with E-state index in [1.165, 1.54) is 6.20 Å². The van der Waals surface area contributed by atoms with Crippen molar-refractivity contribution in [1.29, 1.82) is 0 Å². The summed E-state index contributed by atoms with van der Waals surface area (Å²) in [6.07, 6.45) is 1.51. The highest BCUT2D eigenvalue weighted by Crippen LogP contribution is 2.22. The van der Waals surface area contributed by atoms with Crippen molar-refractivity contribution in [3.63, 3.8) is 0 Å². The molecule has 3 N–H and O–H groups in total. The van der Waals surface area contributed by atoms with Crippen LogP contribution in [0.4, 0.5) is 11.5 Å². The third-order valence-corrected chi connectivity index (χ3v) is 3.39. The summed E-state index contributed by atoms with van der Waals surface area (Å²) in [6, 6.07) is 6.79. The number of nitrogens with two attached hydrogens (primary N) is 1. The second-order valence-corrected chi connectivity index (χ2v) is 5.33. The number of nitrogen functional groups attached to an aromatic ring is 1. The van der Waals surface area contributed by atoms with E-state index < -0.39 is 0 Å². The highest BCUT2D eigenvalue weighted by Gasteiger charge is 2.12. The fourth-order valence-electron chi connectivity index (χ4n) is 1.49. The predicted molar refractivity (Wildman–Crippen MR) is 80.5 cm³/mol. The van der Waals surface area contributed by atoms with Crippen molar-refractivity contribution in [1.82, 2.24) is 4.98 Å². The summed E-state index contributed by atoms with van der Waals surface area (Å²) in [4.78, 5) is 16.1. The molecule has 1 aromatic heterocycles. The van der Waals surface area contributed by atoms with Gasteiger partial charge in [0.2, 0.25) is 0 Å². The average Bonchev–Trinajstić information content (AvgIpc) is 2.36. The molecule has 0 aliphatic rings. The van der Waals surface area contributed by atoms with Gasteiger partial charge in [0.1, 0.15) is 5.82 Å². The number of nitrogens with zero attached hydrogens (tertiary/aromatic N) is 1. The lowest BCUT2D eigenvalue weighted by atomic mass is 10.2. The minimum atomic E-state index is -0.317. The molecule has 1 heterocycles. The average molecular weight is 341 g/mol. The second kappa shape index (κ2) is 5.59. The van der Waals surface area contributed by atoms with Crippen LogP contribution in [-0.4, -0.2) is 10.9 Å². The third kappa shape index (κ3) is 3.24. The van der Waals surface area contributed by atoms with Crippen molar-refractivity contribution in [2.24, 2.45) is 0 Å². The van der Waals surface area contributed by atoms with Crippen molar-refractivity contribution in [2.45, 2.75) is 6.92 Å². The number of carbonyl (C=O) groups is 1. The van der Waals surface area contributed by atoms with Crippen LogP contribution in [0.5, 0.6) is 0 Å². The molecule has 2 rings (SSSR count). The van der Waals surface area contributed by atoms with Gasteiger partial charge in [0, 0.05) is 4.47 Å². The molecule has 0 saturated carbocycles. The summed E-state index contributed by atoms with van der Waals surface area (Å²) in [7, 11) is 0. The first kappa shape index (κ1) is 13.8. The van der Waals surface area contributed by atoms with Crippen molar-refractivity contribution in [3.05, 3.63) is 51.1 Å². The van der Waals surface area contributed by atoms with Crippen LogP contribution in [0.3, 0.4) is 0 Å². The van der Waals surface area contributed by atoms with Crippen LogP contribution in [0.2, 0.25) is 5.02 Å². The van der Waals surface area contributed by atoms with Gasteiger partial charge in [-0.15, -0.1) is 0 Å². The van der Waals surface area contributed by atoms with Crippen LogP contribution in [0.1, 0.15) is 15.9 Å². The van der Waals surface area contributed by atoms with Gasteiger partial charge in [0.05, 0.1) is 22.5 Å². The smallest absolute Gasteiger partial charge is 0.258 e. The van der Waals surface area contributed by atoms with Gasteiger partial charge in [0.25, 0.3) is 5.91 Å². The molecule has 0 bridgehead atoms. The molecule has 2 aromatic rings. The summed E-state index contributed by atoms with van der Waals surface area (Å²) in [5.41, 5.74) is 7.49. The highest BCUT2D eigenvalue weighted by atomic mass is 79.9. The number of pyridine rings is 1. The minimum Gasteiger partial charge on any atom is -0.397 e. The van der Waals surface area contributed by atoms with Gasteiger partial charge in [-0.05, 0) is 36.8 Å². The molecular weight excluding hydrogens is 330 g/mol. The fraction of sp³-hybridized carbons (Fsp3) is 0.0769. The second-order valence-electron chi connectivity index (χ2n) is 4.00. The number of halogens is 2. The van der Waals surface area contributed by atoms with Crippen molar-refractivity contribution < 1.29 is 4.79 Å². The molecule has 98 valence electrons. The highest BCUT2D eigenvalue weighted by molar-refractivity contribution is 9.10. The molecule has 1 amide bonds. The van der Waals surface area contributed by atoms with Gasteiger partial charge in [-0.1, -0.05) is 27.5 Å². The fourth-order valence-corrected chi connectivity index (χ4v) is 2.05. The Morgan fingerprint density at radius 1 is 1.42 bits per heavy atom. The lowest BCUT2D eigenvalue weighted by Crippen LogP contribution is -2.14. The Labute approximate surface area is 124 Å². The van der Waals surface area contributed by atoms with E-state index >= 15 is 0 Å². The van der Waals surface area contributed by atoms with Crippen molar-refractivity contribution in [3.8, 4) is 0 Å². The summed E-state index contributed by atoms with van der Waals surface area (Å²) in [5.74, 6) is 0.121. The summed E-state index contributed by atoms with van der Waals surface area (Å²) < 4.78 is 0.781. The number of nitrogens with one attached hydrogen (secondary N) is 1. The van der Waals surface area contributed by atoms with E-state index in [9.17, 15) is 4.79 Å². The van der Waals surface area contributed by atoms with Crippen LogP contribution in [0, 0.1) is 6.92 Å². The topological polar surface area (TPSA) is 68.0 Å². The first-order valence-electron chi connectivity index (χ1n) is 5.46. The number of amides is 1. The van der Waals surface area contributed by atoms with E-state index in [1.54, 1.807) is 24.3 Å². The van der Waals surface area contributed by atoms with E-state index in [4.69, 9.17) is 17.3 Å². The zero-order chi connectivity index (χ0) is 14.0. The zero-order valence-corrected chi connectivity index (χ0v) is 12.4. The lowest BCUT2D eigenvalue weighted by Gasteiger charge is -2.08. The molecule has 1 aromatic carbocycles. The maximum absolute atomic E-state index is 12.1. The van der Waals surface area contributed by atoms with Crippen LogP contribution >= 0.6 is 27.5 Å². The maximum Gasteiger partial charge on any atom is 0.258 e. The number of aryl methyl sites for hydroxylation is 1.